The van der Waals surface area contributed by atoms with Crippen molar-refractivity contribution in [1.82, 2.24) is 5.16 Å². The molecule has 0 radical (unpaired) electrons. The highest BCUT2D eigenvalue weighted by Gasteiger charge is 2.20. The summed E-state index contributed by atoms with van der Waals surface area (Å²) in [4.78, 5) is 13.7. The van der Waals surface area contributed by atoms with E-state index in [9.17, 15) is 18.0 Å². The molecule has 0 spiro atoms. The Balaban J connectivity index is 2.46. The molecule has 0 unspecified atom stereocenters. The van der Waals surface area contributed by atoms with Gasteiger partial charge in [0.1, 0.15) is 17.5 Å². The molecule has 0 atom stereocenters. The third kappa shape index (κ3) is 2.09. The zero-order chi connectivity index (χ0) is 15.0. The molecule has 1 heterocycles. The fourth-order valence-electron chi connectivity index (χ4n) is 2.09. The Kier molecular flexibility index (Phi) is 3.04. The van der Waals surface area contributed by atoms with Crippen molar-refractivity contribution in [2.75, 3.05) is 0 Å². The monoisotopic (exact) mass is 290 g/mol. The van der Waals surface area contributed by atoms with Crippen molar-refractivity contribution in [2.45, 2.75) is 0 Å². The van der Waals surface area contributed by atoms with Gasteiger partial charge in [0.05, 0.1) is 10.9 Å². The molecule has 0 aliphatic rings. The first-order chi connectivity index (χ1) is 10.1. The SMILES string of the molecule is O=C=Nc1noc2cc(F)cc(-c3c(F)cccc3F)c12. The number of hydrogen-bond donors (Lipinski definition) is 0. The van der Waals surface area contributed by atoms with Crippen LogP contribution in [0.5, 0.6) is 0 Å². The second-order valence-corrected chi connectivity index (χ2v) is 4.13. The van der Waals surface area contributed by atoms with Gasteiger partial charge in [-0.1, -0.05) is 11.2 Å². The van der Waals surface area contributed by atoms with Gasteiger partial charge in [0.2, 0.25) is 11.9 Å². The quantitative estimate of drug-likeness (QED) is 0.531. The number of nitrogens with zero attached hydrogens (tertiary/aromatic N) is 2. The minimum atomic E-state index is -0.885. The van der Waals surface area contributed by atoms with Crippen molar-refractivity contribution in [3.8, 4) is 11.1 Å². The van der Waals surface area contributed by atoms with E-state index in [2.05, 4.69) is 10.1 Å². The molecule has 21 heavy (non-hydrogen) atoms. The number of rotatable bonds is 2. The summed E-state index contributed by atoms with van der Waals surface area (Å²) in [6.45, 7) is 0. The van der Waals surface area contributed by atoms with Gasteiger partial charge in [-0.2, -0.15) is 0 Å². The molecular formula is C14H5F3N2O2. The second kappa shape index (κ2) is 4.88. The third-order valence-corrected chi connectivity index (χ3v) is 2.90. The van der Waals surface area contributed by atoms with Gasteiger partial charge in [0.15, 0.2) is 5.58 Å². The van der Waals surface area contributed by atoms with Crippen LogP contribution in [-0.2, 0) is 4.79 Å². The Morgan fingerprint density at radius 2 is 1.86 bits per heavy atom. The van der Waals surface area contributed by atoms with E-state index in [4.69, 9.17) is 4.52 Å². The fourth-order valence-corrected chi connectivity index (χ4v) is 2.09. The van der Waals surface area contributed by atoms with Gasteiger partial charge in [0.25, 0.3) is 0 Å². The van der Waals surface area contributed by atoms with E-state index in [1.54, 1.807) is 0 Å². The van der Waals surface area contributed by atoms with Gasteiger partial charge in [-0.05, 0) is 18.2 Å². The zero-order valence-electron chi connectivity index (χ0n) is 10.2. The molecule has 0 aliphatic heterocycles. The van der Waals surface area contributed by atoms with Crippen molar-refractivity contribution >= 4 is 22.9 Å². The van der Waals surface area contributed by atoms with Gasteiger partial charge >= 0.3 is 0 Å². The Labute approximate surface area is 115 Å². The molecule has 0 aliphatic carbocycles. The summed E-state index contributed by atoms with van der Waals surface area (Å²) in [5.74, 6) is -2.76. The van der Waals surface area contributed by atoms with Crippen molar-refractivity contribution in [3.05, 3.63) is 47.8 Å². The molecule has 0 fully saturated rings. The summed E-state index contributed by atoms with van der Waals surface area (Å²) in [6, 6.07) is 5.15. The van der Waals surface area contributed by atoms with Crippen LogP contribution in [-0.4, -0.2) is 11.2 Å². The molecule has 1 aromatic heterocycles. The van der Waals surface area contributed by atoms with Gasteiger partial charge in [0, 0.05) is 11.6 Å². The Bertz CT molecular complexity index is 878. The summed E-state index contributed by atoms with van der Waals surface area (Å²) in [7, 11) is 0. The summed E-state index contributed by atoms with van der Waals surface area (Å²) in [6.07, 6.45) is 1.26. The van der Waals surface area contributed by atoms with Crippen LogP contribution in [0.3, 0.4) is 0 Å². The molecule has 3 rings (SSSR count). The van der Waals surface area contributed by atoms with E-state index in [1.807, 2.05) is 0 Å². The lowest BCUT2D eigenvalue weighted by Crippen LogP contribution is -1.91. The lowest BCUT2D eigenvalue weighted by atomic mass is 10.00. The number of halogens is 3. The maximum atomic E-state index is 13.9. The van der Waals surface area contributed by atoms with Crippen molar-refractivity contribution in [1.29, 1.82) is 0 Å². The zero-order valence-corrected chi connectivity index (χ0v) is 10.2. The number of hydrogen-bond acceptors (Lipinski definition) is 4. The first-order valence-corrected chi connectivity index (χ1v) is 5.73. The number of benzene rings is 2. The van der Waals surface area contributed by atoms with Gasteiger partial charge in [-0.3, -0.25) is 0 Å². The first-order valence-electron chi connectivity index (χ1n) is 5.73. The number of aliphatic imine (C=N–C) groups is 1. The molecule has 0 amide bonds. The minimum Gasteiger partial charge on any atom is -0.354 e. The molecule has 0 saturated carbocycles. The van der Waals surface area contributed by atoms with Crippen LogP contribution in [0.25, 0.3) is 22.1 Å². The topological polar surface area (TPSA) is 55.5 Å². The number of aromatic nitrogens is 1. The largest absolute Gasteiger partial charge is 0.354 e. The van der Waals surface area contributed by atoms with Crippen molar-refractivity contribution in [2.24, 2.45) is 4.99 Å². The van der Waals surface area contributed by atoms with Crippen LogP contribution in [0, 0.1) is 17.5 Å². The molecule has 0 bridgehead atoms. The summed E-state index contributed by atoms with van der Waals surface area (Å²) in [5, 5.41) is 3.49. The molecule has 0 saturated heterocycles. The summed E-state index contributed by atoms with van der Waals surface area (Å²) < 4.78 is 46.2. The van der Waals surface area contributed by atoms with Crippen LogP contribution >= 0.6 is 0 Å². The number of carbonyl (C=O) groups excluding carboxylic acids is 1. The van der Waals surface area contributed by atoms with E-state index in [0.29, 0.717) is 0 Å². The Hall–Kier alpha value is -2.92. The maximum Gasteiger partial charge on any atom is 0.242 e. The molecule has 104 valence electrons. The van der Waals surface area contributed by atoms with Crippen molar-refractivity contribution < 1.29 is 22.5 Å². The molecule has 2 aromatic carbocycles. The fraction of sp³-hybridized carbons (Fsp3) is 0. The average Bonchev–Trinajstić information content (AvgIpc) is 2.82. The van der Waals surface area contributed by atoms with Crippen LogP contribution < -0.4 is 0 Å². The Morgan fingerprint density at radius 3 is 2.52 bits per heavy atom. The smallest absolute Gasteiger partial charge is 0.242 e. The normalized spacial score (nSPS) is 10.6. The maximum absolute atomic E-state index is 13.9. The van der Waals surface area contributed by atoms with Gasteiger partial charge in [-0.15, -0.1) is 4.99 Å². The predicted molar refractivity (Wildman–Crippen MR) is 67.1 cm³/mol. The van der Waals surface area contributed by atoms with Crippen LogP contribution in [0.1, 0.15) is 0 Å². The standard InChI is InChI=1S/C14H5F3N2O2/c15-7-4-8(12-9(16)2-1-3-10(12)17)13-11(5-7)21-19-14(13)18-6-20/h1-5H. The van der Waals surface area contributed by atoms with Crippen molar-refractivity contribution in [3.63, 3.8) is 0 Å². The highest BCUT2D eigenvalue weighted by molar-refractivity contribution is 6.01. The van der Waals surface area contributed by atoms with Crippen LogP contribution in [0.2, 0.25) is 0 Å². The Morgan fingerprint density at radius 1 is 1.14 bits per heavy atom. The number of isocyanates is 1. The number of fused-ring (bicyclic) bond motifs is 1. The van der Waals surface area contributed by atoms with E-state index in [1.165, 1.54) is 12.1 Å². The highest BCUT2D eigenvalue weighted by Crippen LogP contribution is 2.38. The summed E-state index contributed by atoms with van der Waals surface area (Å²) >= 11 is 0. The molecule has 4 nitrogen and oxygen atoms in total. The van der Waals surface area contributed by atoms with Gasteiger partial charge in [-0.25, -0.2) is 18.0 Å². The third-order valence-electron chi connectivity index (χ3n) is 2.90. The summed E-state index contributed by atoms with van der Waals surface area (Å²) in [5.41, 5.74) is -0.676. The van der Waals surface area contributed by atoms with Crippen LogP contribution in [0.4, 0.5) is 19.0 Å². The van der Waals surface area contributed by atoms with E-state index in [0.717, 1.165) is 24.3 Å². The van der Waals surface area contributed by atoms with Crippen LogP contribution in [0.15, 0.2) is 39.8 Å². The highest BCUT2D eigenvalue weighted by atomic mass is 19.1. The molecular weight excluding hydrogens is 285 g/mol. The molecule has 0 N–H and O–H groups in total. The first kappa shape index (κ1) is 13.1. The molecule has 7 heteroatoms. The lowest BCUT2D eigenvalue weighted by Gasteiger charge is -2.06. The van der Waals surface area contributed by atoms with Gasteiger partial charge < -0.3 is 4.52 Å². The molecule has 3 aromatic rings. The lowest BCUT2D eigenvalue weighted by molar-refractivity contribution is 0.457. The average molecular weight is 290 g/mol. The predicted octanol–water partition coefficient (Wildman–Crippen LogP) is 3.88. The second-order valence-electron chi connectivity index (χ2n) is 4.13. The minimum absolute atomic E-state index is 0.0313. The van der Waals surface area contributed by atoms with E-state index in [-0.39, 0.29) is 22.4 Å². The van der Waals surface area contributed by atoms with E-state index < -0.39 is 23.0 Å². The van der Waals surface area contributed by atoms with E-state index >= 15 is 0 Å².